The molecule has 3 heterocycles. The fourth-order valence-electron chi connectivity index (χ4n) is 3.08. The van der Waals surface area contributed by atoms with Gasteiger partial charge in [-0.15, -0.1) is 11.3 Å². The Bertz CT molecular complexity index is 959. The molecule has 0 bridgehead atoms. The van der Waals surface area contributed by atoms with Gasteiger partial charge in [-0.25, -0.2) is 9.97 Å². The normalized spacial score (nSPS) is 11.3. The van der Waals surface area contributed by atoms with Crippen LogP contribution in [0.5, 0.6) is 5.88 Å². The van der Waals surface area contributed by atoms with E-state index in [1.165, 1.54) is 11.2 Å². The van der Waals surface area contributed by atoms with Gasteiger partial charge in [0.25, 0.3) is 0 Å². The Balaban J connectivity index is 1.80. The summed E-state index contributed by atoms with van der Waals surface area (Å²) in [6.45, 7) is 9.30. The molecule has 0 aromatic carbocycles. The van der Waals surface area contributed by atoms with Crippen LogP contribution in [0.3, 0.4) is 0 Å². The van der Waals surface area contributed by atoms with Crippen LogP contribution < -0.4 is 4.74 Å². The molecule has 7 heteroatoms. The maximum Gasteiger partial charge on any atom is 0.226 e. The summed E-state index contributed by atoms with van der Waals surface area (Å²) < 4.78 is 13.0. The van der Waals surface area contributed by atoms with Crippen molar-refractivity contribution >= 4 is 27.3 Å². The lowest BCUT2D eigenvalue weighted by Crippen LogP contribution is -2.14. The number of aromatic nitrogens is 3. The largest absolute Gasteiger partial charge is 0.469 e. The molecule has 0 amide bonds. The third-order valence-electron chi connectivity index (χ3n) is 4.66. The highest BCUT2D eigenvalue weighted by atomic mass is 32.1. The number of carbonyl (C=O) groups excluding carboxylic acids is 1. The van der Waals surface area contributed by atoms with E-state index in [0.717, 1.165) is 33.7 Å². The SMILES string of the molecule is COCCn1c(C)cc(C(=O)COc2ncnc3sc(C)c(C)c23)c1C. The summed E-state index contributed by atoms with van der Waals surface area (Å²) in [6.07, 6.45) is 1.48. The van der Waals surface area contributed by atoms with Crippen LogP contribution in [0.15, 0.2) is 12.4 Å². The molecule has 3 rings (SSSR count). The average molecular weight is 373 g/mol. The van der Waals surface area contributed by atoms with Gasteiger partial charge in [0.05, 0.1) is 12.0 Å². The van der Waals surface area contributed by atoms with Crippen molar-refractivity contribution in [1.29, 1.82) is 0 Å². The van der Waals surface area contributed by atoms with Crippen molar-refractivity contribution < 1.29 is 14.3 Å². The lowest BCUT2D eigenvalue weighted by atomic mass is 10.1. The van der Waals surface area contributed by atoms with Crippen LogP contribution >= 0.6 is 11.3 Å². The Kier molecular flexibility index (Phi) is 5.38. The molecule has 0 saturated heterocycles. The highest BCUT2D eigenvalue weighted by Gasteiger charge is 2.18. The Morgan fingerprint density at radius 2 is 2.00 bits per heavy atom. The second-order valence-electron chi connectivity index (χ2n) is 6.28. The number of fused-ring (bicyclic) bond motifs is 1. The first-order chi connectivity index (χ1) is 12.4. The first-order valence-electron chi connectivity index (χ1n) is 8.46. The zero-order chi connectivity index (χ0) is 18.8. The third kappa shape index (κ3) is 3.37. The smallest absolute Gasteiger partial charge is 0.226 e. The van der Waals surface area contributed by atoms with Gasteiger partial charge in [-0.2, -0.15) is 0 Å². The number of rotatable bonds is 7. The molecule has 0 saturated carbocycles. The molecule has 3 aromatic heterocycles. The Morgan fingerprint density at radius 3 is 2.73 bits per heavy atom. The van der Waals surface area contributed by atoms with Crippen molar-refractivity contribution in [2.45, 2.75) is 34.2 Å². The number of methoxy groups -OCH3 is 1. The van der Waals surface area contributed by atoms with E-state index in [0.29, 0.717) is 18.1 Å². The molecule has 6 nitrogen and oxygen atoms in total. The first-order valence-corrected chi connectivity index (χ1v) is 9.28. The van der Waals surface area contributed by atoms with E-state index < -0.39 is 0 Å². The van der Waals surface area contributed by atoms with Crippen molar-refractivity contribution in [1.82, 2.24) is 14.5 Å². The van der Waals surface area contributed by atoms with Crippen LogP contribution in [-0.2, 0) is 11.3 Å². The first kappa shape index (κ1) is 18.5. The van der Waals surface area contributed by atoms with Crippen LogP contribution in [-0.4, -0.2) is 40.6 Å². The molecule has 0 aliphatic carbocycles. The molecular weight excluding hydrogens is 350 g/mol. The minimum Gasteiger partial charge on any atom is -0.469 e. The lowest BCUT2D eigenvalue weighted by molar-refractivity contribution is 0.0918. The highest BCUT2D eigenvalue weighted by molar-refractivity contribution is 7.18. The number of Topliss-reactive ketones (excluding diaryl/α,β-unsaturated/α-hetero) is 1. The Hall–Kier alpha value is -2.25. The fourth-order valence-corrected chi connectivity index (χ4v) is 4.07. The van der Waals surface area contributed by atoms with Gasteiger partial charge in [-0.05, 0) is 39.3 Å². The predicted octanol–water partition coefficient (Wildman–Crippen LogP) is 3.63. The average Bonchev–Trinajstić information content (AvgIpc) is 3.07. The number of aryl methyl sites for hydroxylation is 3. The van der Waals surface area contributed by atoms with E-state index in [9.17, 15) is 4.79 Å². The molecule has 26 heavy (non-hydrogen) atoms. The molecule has 0 unspecified atom stereocenters. The summed E-state index contributed by atoms with van der Waals surface area (Å²) >= 11 is 1.61. The van der Waals surface area contributed by atoms with E-state index in [2.05, 4.69) is 14.5 Å². The number of hydrogen-bond acceptors (Lipinski definition) is 6. The van der Waals surface area contributed by atoms with Gasteiger partial charge in [0.1, 0.15) is 11.2 Å². The number of thiophene rings is 1. The van der Waals surface area contributed by atoms with Gasteiger partial charge in [0.15, 0.2) is 6.61 Å². The van der Waals surface area contributed by atoms with Crippen molar-refractivity contribution in [2.24, 2.45) is 0 Å². The zero-order valence-corrected chi connectivity index (χ0v) is 16.6. The monoisotopic (exact) mass is 373 g/mol. The van der Waals surface area contributed by atoms with Gasteiger partial charge in [0, 0.05) is 35.5 Å². The number of carbonyl (C=O) groups is 1. The quantitative estimate of drug-likeness (QED) is 0.592. The number of ketones is 1. The number of nitrogens with zero attached hydrogens (tertiary/aromatic N) is 3. The van der Waals surface area contributed by atoms with Crippen LogP contribution in [0.2, 0.25) is 0 Å². The van der Waals surface area contributed by atoms with Crippen LogP contribution in [0.4, 0.5) is 0 Å². The molecule has 0 fully saturated rings. The van der Waals surface area contributed by atoms with Gasteiger partial charge in [-0.3, -0.25) is 4.79 Å². The van der Waals surface area contributed by atoms with Crippen LogP contribution in [0, 0.1) is 27.7 Å². The summed E-state index contributed by atoms with van der Waals surface area (Å²) in [5, 5.41) is 0.897. The Labute approximate surface area is 156 Å². The molecule has 0 spiro atoms. The van der Waals surface area contributed by atoms with E-state index in [4.69, 9.17) is 9.47 Å². The molecule has 3 aromatic rings. The van der Waals surface area contributed by atoms with Crippen molar-refractivity contribution in [3.8, 4) is 5.88 Å². The second kappa shape index (κ2) is 7.55. The minimum absolute atomic E-state index is 0.0466. The number of ether oxygens (including phenoxy) is 2. The van der Waals surface area contributed by atoms with E-state index in [1.54, 1.807) is 18.4 Å². The Morgan fingerprint density at radius 1 is 1.23 bits per heavy atom. The van der Waals surface area contributed by atoms with Crippen LogP contribution in [0.25, 0.3) is 10.2 Å². The summed E-state index contributed by atoms with van der Waals surface area (Å²) in [4.78, 5) is 23.3. The summed E-state index contributed by atoms with van der Waals surface area (Å²) in [6, 6.07) is 1.91. The highest BCUT2D eigenvalue weighted by Crippen LogP contribution is 2.33. The lowest BCUT2D eigenvalue weighted by Gasteiger charge is -2.09. The zero-order valence-electron chi connectivity index (χ0n) is 15.8. The standard InChI is InChI=1S/C19H23N3O3S/c1-11-8-15(13(3)22(11)6-7-24-5)16(23)9-25-18-17-12(2)14(4)26-19(17)21-10-20-18/h8,10H,6-7,9H2,1-5H3. The summed E-state index contributed by atoms with van der Waals surface area (Å²) in [5.41, 5.74) is 3.76. The van der Waals surface area contributed by atoms with Gasteiger partial charge in [-0.1, -0.05) is 0 Å². The number of hydrogen-bond donors (Lipinski definition) is 0. The molecule has 0 radical (unpaired) electrons. The second-order valence-corrected chi connectivity index (χ2v) is 7.49. The molecule has 138 valence electrons. The van der Waals surface area contributed by atoms with Gasteiger partial charge in [0.2, 0.25) is 11.7 Å². The molecule has 0 N–H and O–H groups in total. The molecular formula is C19H23N3O3S. The molecule has 0 aliphatic heterocycles. The van der Waals surface area contributed by atoms with Gasteiger partial charge < -0.3 is 14.0 Å². The topological polar surface area (TPSA) is 66.2 Å². The van der Waals surface area contributed by atoms with Crippen molar-refractivity contribution in [3.63, 3.8) is 0 Å². The third-order valence-corrected chi connectivity index (χ3v) is 5.78. The minimum atomic E-state index is -0.0573. The molecule has 0 aliphatic rings. The van der Waals surface area contributed by atoms with E-state index in [1.807, 2.05) is 33.8 Å². The predicted molar refractivity (Wildman–Crippen MR) is 102 cm³/mol. The fraction of sp³-hybridized carbons (Fsp3) is 0.421. The van der Waals surface area contributed by atoms with Crippen molar-refractivity contribution in [2.75, 3.05) is 20.3 Å². The van der Waals surface area contributed by atoms with Crippen molar-refractivity contribution in [3.05, 3.63) is 39.8 Å². The van der Waals surface area contributed by atoms with Gasteiger partial charge >= 0.3 is 0 Å². The maximum atomic E-state index is 12.7. The van der Waals surface area contributed by atoms with E-state index >= 15 is 0 Å². The van der Waals surface area contributed by atoms with E-state index in [-0.39, 0.29) is 12.4 Å². The summed E-state index contributed by atoms with van der Waals surface area (Å²) in [5.74, 6) is 0.413. The summed E-state index contributed by atoms with van der Waals surface area (Å²) in [7, 11) is 1.67. The maximum absolute atomic E-state index is 12.7. The van der Waals surface area contributed by atoms with Crippen LogP contribution in [0.1, 0.15) is 32.2 Å². The molecule has 0 atom stereocenters.